The quantitative estimate of drug-likeness (QED) is 0.234. The van der Waals surface area contributed by atoms with Gasteiger partial charge in [-0.15, -0.1) is 0 Å². The Labute approximate surface area is 221 Å². The number of aryl methyl sites for hydroxylation is 1. The van der Waals surface area contributed by atoms with Crippen molar-refractivity contribution in [1.29, 1.82) is 0 Å². The van der Waals surface area contributed by atoms with E-state index in [1.165, 1.54) is 19.2 Å². The largest absolute Gasteiger partial charge is 0.391 e. The predicted octanol–water partition coefficient (Wildman–Crippen LogP) is 1.53. The molecular weight excluding hydrogens is 489 g/mol. The third-order valence-electron chi connectivity index (χ3n) is 6.62. The van der Waals surface area contributed by atoms with Crippen LogP contribution in [-0.2, 0) is 20.7 Å². The number of aromatic nitrogens is 2. The zero-order valence-electron chi connectivity index (χ0n) is 22.0. The molecule has 1 saturated heterocycles. The lowest BCUT2D eigenvalue weighted by atomic mass is 10.1. The Bertz CT molecular complexity index is 1370. The highest BCUT2D eigenvalue weighted by molar-refractivity contribution is 6.20. The zero-order valence-corrected chi connectivity index (χ0v) is 22.0. The first kappa shape index (κ1) is 28.4. The molecule has 1 fully saturated rings. The van der Waals surface area contributed by atoms with Gasteiger partial charge in [-0.2, -0.15) is 0 Å². The number of nitrogens with two attached hydrogens (primary N) is 3. The molecule has 11 heteroatoms. The molecule has 0 saturated carbocycles. The topological polar surface area (TPSA) is 155 Å². The third kappa shape index (κ3) is 6.03. The van der Waals surface area contributed by atoms with Crippen molar-refractivity contribution in [1.82, 2.24) is 14.5 Å². The number of halogens is 1. The van der Waals surface area contributed by atoms with Crippen molar-refractivity contribution in [3.63, 3.8) is 0 Å². The maximum absolute atomic E-state index is 14.5. The summed E-state index contributed by atoms with van der Waals surface area (Å²) in [5.74, 6) is 4.65. The van der Waals surface area contributed by atoms with E-state index in [1.54, 1.807) is 13.2 Å². The molecule has 3 heterocycles. The lowest BCUT2D eigenvalue weighted by Gasteiger charge is -2.22. The van der Waals surface area contributed by atoms with Crippen LogP contribution < -0.4 is 17.2 Å². The highest BCUT2D eigenvalue weighted by Gasteiger charge is 2.26. The highest BCUT2D eigenvalue weighted by Crippen LogP contribution is 2.31. The van der Waals surface area contributed by atoms with Crippen molar-refractivity contribution in [2.24, 2.45) is 22.2 Å². The maximum Gasteiger partial charge on any atom is 0.255 e. The summed E-state index contributed by atoms with van der Waals surface area (Å²) in [6.45, 7) is 7.04. The van der Waals surface area contributed by atoms with Gasteiger partial charge in [0, 0.05) is 39.2 Å². The maximum atomic E-state index is 14.5. The average molecular weight is 524 g/mol. The number of ether oxygens (including phenoxy) is 1. The van der Waals surface area contributed by atoms with E-state index in [-0.39, 0.29) is 34.6 Å². The molecule has 2 amide bonds. The van der Waals surface area contributed by atoms with Crippen LogP contribution in [0.3, 0.4) is 0 Å². The highest BCUT2D eigenvalue weighted by atomic mass is 19.1. The minimum atomic E-state index is -0.852. The van der Waals surface area contributed by atoms with Gasteiger partial charge in [-0.3, -0.25) is 14.6 Å². The number of likely N-dealkylation sites (tertiary alicyclic amines) is 1. The van der Waals surface area contributed by atoms with Gasteiger partial charge in [0.15, 0.2) is 0 Å². The standard InChI is InChI=1S/C18H19FN6O.C9H15NO2/c1-9-3-6-15-24-13-7-10(11(19)8-14(13)25(9)15)4-5-12(20)16(18(22)26)17(21)23-2;1-3-9(11)10-6-4-5-8(10)7-12-2/h7-9H,3,6,20H2,1-2H3,(H2,21,23)(H2,22,26);3,8H,1,4-7H2,2H3/b16-12+;. The fraction of sp³-hybridized carbons (Fsp3) is 0.407. The molecule has 202 valence electrons. The van der Waals surface area contributed by atoms with Crippen molar-refractivity contribution in [2.45, 2.75) is 44.7 Å². The van der Waals surface area contributed by atoms with E-state index in [9.17, 15) is 14.0 Å². The van der Waals surface area contributed by atoms with Gasteiger partial charge in [-0.1, -0.05) is 12.5 Å². The van der Waals surface area contributed by atoms with Crippen LogP contribution in [0.5, 0.6) is 0 Å². The molecule has 0 aliphatic carbocycles. The molecule has 10 nitrogen and oxygen atoms in total. The fourth-order valence-corrected chi connectivity index (χ4v) is 4.71. The van der Waals surface area contributed by atoms with E-state index in [0.717, 1.165) is 43.6 Å². The number of hydrogen-bond donors (Lipinski definition) is 3. The molecule has 0 bridgehead atoms. The number of fused-ring (bicyclic) bond motifs is 3. The Morgan fingerprint density at radius 2 is 2.05 bits per heavy atom. The van der Waals surface area contributed by atoms with Crippen LogP contribution in [0.1, 0.15) is 43.6 Å². The number of hydrogen-bond acceptors (Lipinski definition) is 6. The summed E-state index contributed by atoms with van der Waals surface area (Å²) >= 11 is 0. The molecule has 2 unspecified atom stereocenters. The average Bonchev–Trinajstić information content (AvgIpc) is 3.59. The second-order valence-corrected chi connectivity index (χ2v) is 9.11. The summed E-state index contributed by atoms with van der Waals surface area (Å²) in [7, 11) is 3.06. The molecule has 38 heavy (non-hydrogen) atoms. The predicted molar refractivity (Wildman–Crippen MR) is 144 cm³/mol. The van der Waals surface area contributed by atoms with Crippen molar-refractivity contribution in [3.8, 4) is 11.8 Å². The monoisotopic (exact) mass is 523 g/mol. The van der Waals surface area contributed by atoms with Gasteiger partial charge in [0.25, 0.3) is 5.91 Å². The van der Waals surface area contributed by atoms with Crippen LogP contribution >= 0.6 is 0 Å². The van der Waals surface area contributed by atoms with E-state index in [1.807, 2.05) is 9.47 Å². The van der Waals surface area contributed by atoms with E-state index in [2.05, 4.69) is 35.3 Å². The number of aliphatic imine (C=N–C) groups is 1. The first-order valence-corrected chi connectivity index (χ1v) is 12.3. The number of amides is 2. The molecule has 1 aromatic heterocycles. The Hall–Kier alpha value is -4.17. The second kappa shape index (κ2) is 12.4. The SMILES string of the molecule is C=CC(=O)N1CCCC1COC.CN=C(N)/C(C(N)=O)=C(\N)C#Cc1cc2nc3n(c2cc1F)C(C)CC3. The molecule has 2 aliphatic rings. The van der Waals surface area contributed by atoms with Crippen LogP contribution in [-0.4, -0.2) is 65.5 Å². The number of primary amides is 1. The van der Waals surface area contributed by atoms with Gasteiger partial charge in [0.05, 0.1) is 34.9 Å². The number of rotatable bonds is 5. The van der Waals surface area contributed by atoms with Gasteiger partial charge in [0.1, 0.15) is 23.1 Å². The van der Waals surface area contributed by atoms with Gasteiger partial charge in [0.2, 0.25) is 5.91 Å². The zero-order chi connectivity index (χ0) is 28.0. The van der Waals surface area contributed by atoms with Crippen LogP contribution in [0, 0.1) is 17.7 Å². The normalized spacial score (nSPS) is 19.2. The first-order chi connectivity index (χ1) is 18.1. The third-order valence-corrected chi connectivity index (χ3v) is 6.62. The van der Waals surface area contributed by atoms with E-state index in [0.29, 0.717) is 18.2 Å². The van der Waals surface area contributed by atoms with E-state index < -0.39 is 11.7 Å². The van der Waals surface area contributed by atoms with Gasteiger partial charge in [-0.05, 0) is 44.2 Å². The number of carbonyl (C=O) groups is 2. The number of amidine groups is 1. The summed E-state index contributed by atoms with van der Waals surface area (Å²) < 4.78 is 21.6. The lowest BCUT2D eigenvalue weighted by Crippen LogP contribution is -2.36. The molecule has 1 aromatic carbocycles. The molecule has 2 aromatic rings. The minimum Gasteiger partial charge on any atom is -0.391 e. The van der Waals surface area contributed by atoms with Crippen LogP contribution in [0.25, 0.3) is 11.0 Å². The summed E-state index contributed by atoms with van der Waals surface area (Å²) in [4.78, 5) is 32.8. The molecule has 6 N–H and O–H groups in total. The second-order valence-electron chi connectivity index (χ2n) is 9.11. The van der Waals surface area contributed by atoms with Crippen LogP contribution in [0.15, 0.2) is 41.1 Å². The number of methoxy groups -OCH3 is 1. The van der Waals surface area contributed by atoms with Crippen LogP contribution in [0.4, 0.5) is 4.39 Å². The summed E-state index contributed by atoms with van der Waals surface area (Å²) in [6, 6.07) is 3.55. The van der Waals surface area contributed by atoms with Crippen LogP contribution in [0.2, 0.25) is 0 Å². The van der Waals surface area contributed by atoms with Crippen molar-refractivity contribution in [3.05, 3.63) is 53.3 Å². The number of imidazole rings is 1. The molecule has 2 atom stereocenters. The molecule has 4 rings (SSSR count). The Balaban J connectivity index is 0.000000279. The van der Waals surface area contributed by atoms with Crippen molar-refractivity contribution >= 4 is 28.7 Å². The number of nitrogens with zero attached hydrogens (tertiary/aromatic N) is 4. The Kier molecular flexibility index (Phi) is 9.25. The Morgan fingerprint density at radius 1 is 1.32 bits per heavy atom. The van der Waals surface area contributed by atoms with Gasteiger partial charge < -0.3 is 31.4 Å². The number of benzene rings is 1. The fourth-order valence-electron chi connectivity index (χ4n) is 4.71. The van der Waals surface area contributed by atoms with Gasteiger partial charge >= 0.3 is 0 Å². The molecular formula is C27H34FN7O3. The number of allylic oxidation sites excluding steroid dienone is 1. The lowest BCUT2D eigenvalue weighted by molar-refractivity contribution is -0.127. The molecule has 0 radical (unpaired) electrons. The van der Waals surface area contributed by atoms with E-state index >= 15 is 0 Å². The van der Waals surface area contributed by atoms with Gasteiger partial charge in [-0.25, -0.2) is 9.37 Å². The summed E-state index contributed by atoms with van der Waals surface area (Å²) in [5.41, 5.74) is 17.8. The summed E-state index contributed by atoms with van der Waals surface area (Å²) in [5, 5.41) is 0. The molecule has 0 spiro atoms. The first-order valence-electron chi connectivity index (χ1n) is 12.3. The van der Waals surface area contributed by atoms with E-state index in [4.69, 9.17) is 21.9 Å². The smallest absolute Gasteiger partial charge is 0.255 e. The minimum absolute atomic E-state index is 0.0227. The van der Waals surface area contributed by atoms with Crippen molar-refractivity contribution < 1.29 is 18.7 Å². The van der Waals surface area contributed by atoms with Crippen molar-refractivity contribution in [2.75, 3.05) is 27.3 Å². The Morgan fingerprint density at radius 3 is 2.68 bits per heavy atom. The molecule has 2 aliphatic heterocycles. The summed E-state index contributed by atoms with van der Waals surface area (Å²) in [6.07, 6.45) is 5.36. The number of carbonyl (C=O) groups excluding carboxylic acids is 2.